The summed E-state index contributed by atoms with van der Waals surface area (Å²) < 4.78 is 6.73. The van der Waals surface area contributed by atoms with Gasteiger partial charge in [-0.1, -0.05) is 170 Å². The minimum atomic E-state index is 0.897. The Balaban J connectivity index is 1.25. The minimum absolute atomic E-state index is 0.897. The summed E-state index contributed by atoms with van der Waals surface area (Å²) in [5.74, 6) is 0. The molecule has 1 heterocycles. The first-order valence-electron chi connectivity index (χ1n) is 18.7. The van der Waals surface area contributed by atoms with E-state index in [4.69, 9.17) is 4.42 Å². The zero-order chi connectivity index (χ0) is 35.8. The van der Waals surface area contributed by atoms with Gasteiger partial charge >= 0.3 is 0 Å². The molecule has 1 aromatic heterocycles. The van der Waals surface area contributed by atoms with E-state index in [1.165, 1.54) is 86.6 Å². The van der Waals surface area contributed by atoms with Crippen molar-refractivity contribution in [2.24, 2.45) is 0 Å². The van der Waals surface area contributed by atoms with Gasteiger partial charge < -0.3 is 4.42 Å². The van der Waals surface area contributed by atoms with Crippen molar-refractivity contribution in [2.75, 3.05) is 0 Å². The molecule has 0 fully saturated rings. The van der Waals surface area contributed by atoms with Gasteiger partial charge in [-0.05, 0) is 112 Å². The summed E-state index contributed by atoms with van der Waals surface area (Å²) in [5.41, 5.74) is 7.87. The Labute approximate surface area is 312 Å². The van der Waals surface area contributed by atoms with Crippen LogP contribution in [0.4, 0.5) is 0 Å². The first-order valence-corrected chi connectivity index (χ1v) is 18.7. The molecule has 0 amide bonds. The molecule has 0 aliphatic rings. The maximum atomic E-state index is 6.73. The standard InChI is InChI=1S/C53H34O/c1-33(47-31-37-28-27-34-15-5-6-19-39(34)51(37)44-24-12-9-22-42(44)47)38-18-7-11-23-43(38)50(35-16-3-2-4-17-35)36-29-30-49-48(32-36)52-45-25-13-8-20-40(45)41-21-10-14-26-46(41)53(52)54-49/h2-32H,1H3/b38-33+,50-43+. The summed E-state index contributed by atoms with van der Waals surface area (Å²) in [5, 5.41) is 17.2. The summed E-state index contributed by atoms with van der Waals surface area (Å²) >= 11 is 0. The van der Waals surface area contributed by atoms with E-state index in [2.05, 4.69) is 195 Å². The molecule has 0 atom stereocenters. The van der Waals surface area contributed by atoms with E-state index in [0.29, 0.717) is 0 Å². The molecular formula is C53H34O. The minimum Gasteiger partial charge on any atom is -0.455 e. The van der Waals surface area contributed by atoms with Crippen LogP contribution in [-0.2, 0) is 0 Å². The maximum absolute atomic E-state index is 6.73. The van der Waals surface area contributed by atoms with E-state index in [9.17, 15) is 0 Å². The van der Waals surface area contributed by atoms with Gasteiger partial charge in [0.05, 0.1) is 0 Å². The van der Waals surface area contributed by atoms with Crippen molar-refractivity contribution >= 4 is 86.9 Å². The molecule has 0 radical (unpaired) electrons. The molecule has 54 heavy (non-hydrogen) atoms. The normalized spacial score (nSPS) is 13.1. The fourth-order valence-corrected chi connectivity index (χ4v) is 9.01. The molecule has 0 bridgehead atoms. The van der Waals surface area contributed by atoms with Crippen LogP contribution in [0.25, 0.3) is 86.9 Å². The van der Waals surface area contributed by atoms with Gasteiger partial charge in [0.25, 0.3) is 0 Å². The van der Waals surface area contributed by atoms with Crippen molar-refractivity contribution < 1.29 is 4.42 Å². The highest BCUT2D eigenvalue weighted by Gasteiger charge is 2.18. The van der Waals surface area contributed by atoms with Crippen LogP contribution in [0, 0.1) is 0 Å². The van der Waals surface area contributed by atoms with E-state index in [1.807, 2.05) is 0 Å². The number of fused-ring (bicyclic) bond motifs is 13. The highest BCUT2D eigenvalue weighted by molar-refractivity contribution is 6.30. The Kier molecular flexibility index (Phi) is 6.84. The number of hydrogen-bond donors (Lipinski definition) is 0. The second-order valence-electron chi connectivity index (χ2n) is 14.4. The Morgan fingerprint density at radius 3 is 1.72 bits per heavy atom. The molecule has 0 spiro atoms. The van der Waals surface area contributed by atoms with Gasteiger partial charge in [0.1, 0.15) is 11.2 Å². The van der Waals surface area contributed by atoms with Crippen LogP contribution in [0.3, 0.4) is 0 Å². The third-order valence-corrected chi connectivity index (χ3v) is 11.4. The topological polar surface area (TPSA) is 13.1 Å². The maximum Gasteiger partial charge on any atom is 0.143 e. The molecule has 0 aliphatic carbocycles. The zero-order valence-corrected chi connectivity index (χ0v) is 29.8. The zero-order valence-electron chi connectivity index (χ0n) is 29.8. The van der Waals surface area contributed by atoms with Gasteiger partial charge in [-0.25, -0.2) is 0 Å². The molecule has 0 saturated carbocycles. The van der Waals surface area contributed by atoms with Gasteiger partial charge in [0.2, 0.25) is 0 Å². The predicted molar refractivity (Wildman–Crippen MR) is 230 cm³/mol. The van der Waals surface area contributed by atoms with Crippen molar-refractivity contribution in [1.82, 2.24) is 0 Å². The van der Waals surface area contributed by atoms with Crippen molar-refractivity contribution in [3.8, 4) is 0 Å². The highest BCUT2D eigenvalue weighted by atomic mass is 16.3. The van der Waals surface area contributed by atoms with Gasteiger partial charge in [-0.15, -0.1) is 0 Å². The Hall–Kier alpha value is -6.96. The van der Waals surface area contributed by atoms with E-state index in [-0.39, 0.29) is 0 Å². The monoisotopic (exact) mass is 686 g/mol. The predicted octanol–water partition coefficient (Wildman–Crippen LogP) is 12.8. The fraction of sp³-hybridized carbons (Fsp3) is 0.0189. The van der Waals surface area contributed by atoms with Gasteiger partial charge in [0, 0.05) is 16.2 Å². The Morgan fingerprint density at radius 2 is 0.944 bits per heavy atom. The molecule has 11 rings (SSSR count). The lowest BCUT2D eigenvalue weighted by Gasteiger charge is -2.15. The van der Waals surface area contributed by atoms with Crippen LogP contribution in [0.15, 0.2) is 192 Å². The molecule has 0 N–H and O–H groups in total. The molecule has 1 heteroatoms. The third-order valence-electron chi connectivity index (χ3n) is 11.4. The van der Waals surface area contributed by atoms with Crippen LogP contribution in [0.1, 0.15) is 23.6 Å². The van der Waals surface area contributed by atoms with E-state index < -0.39 is 0 Å². The molecule has 0 aliphatic heterocycles. The van der Waals surface area contributed by atoms with Crippen LogP contribution in [0.2, 0.25) is 0 Å². The number of furan rings is 1. The van der Waals surface area contributed by atoms with Gasteiger partial charge in [-0.2, -0.15) is 0 Å². The molecule has 1 nitrogen and oxygen atoms in total. The lowest BCUT2D eigenvalue weighted by molar-refractivity contribution is 0.673. The van der Waals surface area contributed by atoms with Crippen LogP contribution in [0.5, 0.6) is 0 Å². The average molecular weight is 687 g/mol. The molecule has 0 unspecified atom stereocenters. The summed E-state index contributed by atoms with van der Waals surface area (Å²) in [7, 11) is 0. The lowest BCUT2D eigenvalue weighted by atomic mass is 9.89. The van der Waals surface area contributed by atoms with Crippen molar-refractivity contribution in [2.45, 2.75) is 6.92 Å². The van der Waals surface area contributed by atoms with Gasteiger partial charge in [0.15, 0.2) is 0 Å². The van der Waals surface area contributed by atoms with Crippen molar-refractivity contribution in [3.63, 3.8) is 0 Å². The van der Waals surface area contributed by atoms with E-state index in [1.54, 1.807) is 0 Å². The first kappa shape index (κ1) is 30.6. The summed E-state index contributed by atoms with van der Waals surface area (Å²) in [6.07, 6.45) is 0. The molecule has 10 aromatic carbocycles. The highest BCUT2D eigenvalue weighted by Crippen LogP contribution is 2.42. The molecule has 0 saturated heterocycles. The fourth-order valence-electron chi connectivity index (χ4n) is 9.01. The van der Waals surface area contributed by atoms with E-state index >= 15 is 0 Å². The Morgan fingerprint density at radius 1 is 0.370 bits per heavy atom. The molecule has 252 valence electrons. The number of benzene rings is 10. The summed E-state index contributed by atoms with van der Waals surface area (Å²) in [4.78, 5) is 0. The van der Waals surface area contributed by atoms with Gasteiger partial charge in [-0.3, -0.25) is 0 Å². The molecular weight excluding hydrogens is 653 g/mol. The third kappa shape index (κ3) is 4.58. The van der Waals surface area contributed by atoms with Crippen LogP contribution < -0.4 is 10.4 Å². The second-order valence-corrected chi connectivity index (χ2v) is 14.4. The number of rotatable bonds is 3. The Bertz CT molecular complexity index is 3440. The summed E-state index contributed by atoms with van der Waals surface area (Å²) in [6.45, 7) is 2.29. The number of hydrogen-bond acceptors (Lipinski definition) is 1. The smallest absolute Gasteiger partial charge is 0.143 e. The van der Waals surface area contributed by atoms with Crippen molar-refractivity contribution in [1.29, 1.82) is 0 Å². The van der Waals surface area contributed by atoms with E-state index in [0.717, 1.165) is 27.5 Å². The largest absolute Gasteiger partial charge is 0.455 e. The molecule has 11 aromatic rings. The van der Waals surface area contributed by atoms with Crippen molar-refractivity contribution in [3.05, 3.63) is 215 Å². The second kappa shape index (κ2) is 12.0. The lowest BCUT2D eigenvalue weighted by Crippen LogP contribution is -2.29. The first-order chi connectivity index (χ1) is 26.7. The van der Waals surface area contributed by atoms with Crippen LogP contribution >= 0.6 is 0 Å². The van der Waals surface area contributed by atoms with Crippen LogP contribution in [-0.4, -0.2) is 0 Å². The summed E-state index contributed by atoms with van der Waals surface area (Å²) in [6, 6.07) is 68.4. The average Bonchev–Trinajstić information content (AvgIpc) is 3.63. The SMILES string of the molecule is C/C(c1cc2ccc3ccccc3c2c2ccccc12)=c1/cccc/c1=C(/c1ccccc1)c1ccc2oc3c4ccccc4c4ccccc4c3c2c1. The quantitative estimate of drug-likeness (QED) is 0.169.